The summed E-state index contributed by atoms with van der Waals surface area (Å²) < 4.78 is 6.38. The van der Waals surface area contributed by atoms with E-state index in [-0.39, 0.29) is 0 Å². The van der Waals surface area contributed by atoms with Crippen LogP contribution >= 0.6 is 0 Å². The lowest BCUT2D eigenvalue weighted by Gasteiger charge is -2.12. The van der Waals surface area contributed by atoms with Crippen LogP contribution in [0.1, 0.15) is 0 Å². The number of nitrogen functional groups attached to an aromatic ring is 2. The number of para-hydroxylation sites is 1. The molecule has 168 valence electrons. The van der Waals surface area contributed by atoms with E-state index in [0.717, 1.165) is 67.0 Å². The summed E-state index contributed by atoms with van der Waals surface area (Å²) in [4.78, 5) is 0. The Morgan fingerprint density at radius 1 is 0.457 bits per heavy atom. The molecule has 35 heavy (non-hydrogen) atoms. The number of fused-ring (bicyclic) bond motifs is 1. The number of furan rings is 1. The van der Waals surface area contributed by atoms with E-state index in [1.54, 1.807) is 0 Å². The summed E-state index contributed by atoms with van der Waals surface area (Å²) in [6, 6.07) is 41.0. The molecule has 0 bridgehead atoms. The highest BCUT2D eigenvalue weighted by atomic mass is 16.3. The van der Waals surface area contributed by atoms with Crippen molar-refractivity contribution < 1.29 is 4.42 Å². The second-order valence-corrected chi connectivity index (χ2v) is 8.67. The molecule has 0 atom stereocenters. The van der Waals surface area contributed by atoms with Crippen molar-refractivity contribution in [2.75, 3.05) is 11.5 Å². The van der Waals surface area contributed by atoms with Gasteiger partial charge in [0.25, 0.3) is 0 Å². The molecule has 3 nitrogen and oxygen atoms in total. The van der Waals surface area contributed by atoms with E-state index in [1.165, 1.54) is 0 Å². The van der Waals surface area contributed by atoms with Crippen LogP contribution in [-0.2, 0) is 0 Å². The number of benzene rings is 5. The minimum absolute atomic E-state index is 0.729. The van der Waals surface area contributed by atoms with Crippen LogP contribution in [0.15, 0.2) is 126 Å². The van der Waals surface area contributed by atoms with Crippen LogP contribution in [-0.4, -0.2) is 0 Å². The first-order valence-electron chi connectivity index (χ1n) is 11.6. The monoisotopic (exact) mass is 452 g/mol. The molecule has 0 saturated carbocycles. The molecular weight excluding hydrogens is 428 g/mol. The summed E-state index contributed by atoms with van der Waals surface area (Å²) in [5.74, 6) is 0.871. The van der Waals surface area contributed by atoms with Crippen LogP contribution in [0.5, 0.6) is 0 Å². The summed E-state index contributed by atoms with van der Waals surface area (Å²) in [5.41, 5.74) is 22.1. The van der Waals surface area contributed by atoms with E-state index in [4.69, 9.17) is 15.9 Å². The van der Waals surface area contributed by atoms with Gasteiger partial charge in [0.2, 0.25) is 0 Å². The lowest BCUT2D eigenvalue weighted by atomic mass is 9.92. The topological polar surface area (TPSA) is 65.2 Å². The third kappa shape index (κ3) is 3.83. The summed E-state index contributed by atoms with van der Waals surface area (Å²) >= 11 is 0. The Kier molecular flexibility index (Phi) is 5.08. The number of nitrogens with two attached hydrogens (primary N) is 2. The molecule has 0 saturated heterocycles. The molecule has 6 aromatic rings. The van der Waals surface area contributed by atoms with Crippen LogP contribution in [0.3, 0.4) is 0 Å². The van der Waals surface area contributed by atoms with E-state index in [1.807, 2.05) is 54.6 Å². The van der Waals surface area contributed by atoms with Crippen LogP contribution < -0.4 is 11.5 Å². The Morgan fingerprint density at radius 2 is 1.06 bits per heavy atom. The smallest absolute Gasteiger partial charge is 0.143 e. The van der Waals surface area contributed by atoms with Crippen molar-refractivity contribution in [3.8, 4) is 44.7 Å². The molecule has 0 amide bonds. The normalized spacial score (nSPS) is 11.1. The van der Waals surface area contributed by atoms with Crippen LogP contribution in [0.25, 0.3) is 55.7 Å². The van der Waals surface area contributed by atoms with Crippen LogP contribution in [0.4, 0.5) is 11.4 Å². The second kappa shape index (κ2) is 8.54. The fraction of sp³-hybridized carbons (Fsp3) is 0. The van der Waals surface area contributed by atoms with E-state index < -0.39 is 0 Å². The van der Waals surface area contributed by atoms with Gasteiger partial charge in [0.15, 0.2) is 0 Å². The van der Waals surface area contributed by atoms with Gasteiger partial charge >= 0.3 is 0 Å². The molecular formula is C32H24N2O. The molecule has 6 rings (SSSR count). The van der Waals surface area contributed by atoms with Crippen molar-refractivity contribution >= 4 is 22.3 Å². The lowest BCUT2D eigenvalue weighted by molar-refractivity contribution is 0.632. The van der Waals surface area contributed by atoms with Gasteiger partial charge in [-0.15, -0.1) is 0 Å². The number of hydrogen-bond donors (Lipinski definition) is 2. The van der Waals surface area contributed by atoms with Gasteiger partial charge in [-0.3, -0.25) is 0 Å². The molecule has 5 aromatic carbocycles. The minimum atomic E-state index is 0.729. The van der Waals surface area contributed by atoms with E-state index >= 15 is 0 Å². The highest BCUT2D eigenvalue weighted by Gasteiger charge is 2.17. The van der Waals surface area contributed by atoms with Gasteiger partial charge < -0.3 is 15.9 Å². The zero-order valence-electron chi connectivity index (χ0n) is 19.1. The standard InChI is InChI=1S/C32H24N2O/c33-25-16-14-21(15-17-25)27-19-18-26(34)20-29(27)22-10-12-24(13-11-22)32-31(23-6-2-1-3-7-23)28-8-4-5-9-30(28)35-32/h1-20H,33-34H2. The van der Waals surface area contributed by atoms with Gasteiger partial charge in [-0.1, -0.05) is 91.0 Å². The third-order valence-corrected chi connectivity index (χ3v) is 6.38. The molecule has 4 N–H and O–H groups in total. The first-order chi connectivity index (χ1) is 17.2. The Hall–Kier alpha value is -4.76. The average Bonchev–Trinajstić information content (AvgIpc) is 3.29. The SMILES string of the molecule is Nc1ccc(-c2ccc(N)cc2-c2ccc(-c3oc4ccccc4c3-c3ccccc3)cc2)cc1. The average molecular weight is 453 g/mol. The Morgan fingerprint density at radius 3 is 1.83 bits per heavy atom. The molecule has 0 radical (unpaired) electrons. The molecule has 0 aliphatic heterocycles. The first kappa shape index (κ1) is 20.8. The van der Waals surface area contributed by atoms with E-state index in [2.05, 4.69) is 66.7 Å². The number of hydrogen-bond acceptors (Lipinski definition) is 3. The van der Waals surface area contributed by atoms with Gasteiger partial charge in [-0.2, -0.15) is 0 Å². The molecule has 1 aromatic heterocycles. The molecule has 0 fully saturated rings. The summed E-state index contributed by atoms with van der Waals surface area (Å²) in [7, 11) is 0. The second-order valence-electron chi connectivity index (χ2n) is 8.67. The largest absolute Gasteiger partial charge is 0.455 e. The third-order valence-electron chi connectivity index (χ3n) is 6.38. The zero-order valence-corrected chi connectivity index (χ0v) is 19.1. The molecule has 3 heteroatoms. The lowest BCUT2D eigenvalue weighted by Crippen LogP contribution is -1.91. The Balaban J connectivity index is 1.47. The summed E-state index contributed by atoms with van der Waals surface area (Å²) in [6.07, 6.45) is 0. The predicted molar refractivity (Wildman–Crippen MR) is 147 cm³/mol. The number of rotatable bonds is 4. The van der Waals surface area contributed by atoms with E-state index in [9.17, 15) is 0 Å². The predicted octanol–water partition coefficient (Wildman–Crippen LogP) is 8.27. The highest BCUT2D eigenvalue weighted by molar-refractivity contribution is 6.01. The molecule has 0 spiro atoms. The van der Waals surface area contributed by atoms with Crippen molar-refractivity contribution in [2.24, 2.45) is 0 Å². The van der Waals surface area contributed by atoms with Crippen molar-refractivity contribution in [1.29, 1.82) is 0 Å². The fourth-order valence-electron chi connectivity index (χ4n) is 4.66. The van der Waals surface area contributed by atoms with Crippen LogP contribution in [0.2, 0.25) is 0 Å². The zero-order chi connectivity index (χ0) is 23.8. The molecule has 0 aliphatic rings. The molecule has 0 aliphatic carbocycles. The maximum Gasteiger partial charge on any atom is 0.143 e. The minimum Gasteiger partial charge on any atom is -0.455 e. The van der Waals surface area contributed by atoms with Gasteiger partial charge in [0.1, 0.15) is 11.3 Å². The molecule has 1 heterocycles. The Bertz CT molecular complexity index is 1630. The van der Waals surface area contributed by atoms with Crippen molar-refractivity contribution in [3.63, 3.8) is 0 Å². The van der Waals surface area contributed by atoms with Crippen molar-refractivity contribution in [3.05, 3.63) is 121 Å². The van der Waals surface area contributed by atoms with Crippen molar-refractivity contribution in [2.45, 2.75) is 0 Å². The summed E-state index contributed by atoms with van der Waals surface area (Å²) in [6.45, 7) is 0. The maximum atomic E-state index is 6.38. The fourth-order valence-corrected chi connectivity index (χ4v) is 4.66. The Labute approximate surface area is 204 Å². The molecule has 0 unspecified atom stereocenters. The van der Waals surface area contributed by atoms with Gasteiger partial charge in [-0.25, -0.2) is 0 Å². The quantitative estimate of drug-likeness (QED) is 0.265. The highest BCUT2D eigenvalue weighted by Crippen LogP contribution is 2.42. The van der Waals surface area contributed by atoms with Crippen LogP contribution in [0, 0.1) is 0 Å². The van der Waals surface area contributed by atoms with Gasteiger partial charge in [0, 0.05) is 27.9 Å². The summed E-state index contributed by atoms with van der Waals surface area (Å²) in [5, 5.41) is 1.11. The van der Waals surface area contributed by atoms with Gasteiger partial charge in [0.05, 0.1) is 0 Å². The van der Waals surface area contributed by atoms with Crippen molar-refractivity contribution in [1.82, 2.24) is 0 Å². The van der Waals surface area contributed by atoms with Gasteiger partial charge in [-0.05, 0) is 58.1 Å². The number of anilines is 2. The maximum absolute atomic E-state index is 6.38. The van der Waals surface area contributed by atoms with E-state index in [0.29, 0.717) is 0 Å². The first-order valence-corrected chi connectivity index (χ1v) is 11.6.